The standard InChI is InChI=1S/C13H16BN3O3/c1-12(2)13(3,4)20-14(19-12)9-5-6-17-10(11(16)18)8(9)7-15/h5-6H,1-4H3,(H2,16,18). The lowest BCUT2D eigenvalue weighted by molar-refractivity contribution is 0.00578. The van der Waals surface area contributed by atoms with Crippen molar-refractivity contribution in [3.05, 3.63) is 23.5 Å². The van der Waals surface area contributed by atoms with Crippen molar-refractivity contribution < 1.29 is 14.1 Å². The Balaban J connectivity index is 2.49. The van der Waals surface area contributed by atoms with Gasteiger partial charge < -0.3 is 15.0 Å². The summed E-state index contributed by atoms with van der Waals surface area (Å²) in [6, 6.07) is 3.56. The summed E-state index contributed by atoms with van der Waals surface area (Å²) in [4.78, 5) is 15.2. The molecule has 0 unspecified atom stereocenters. The van der Waals surface area contributed by atoms with Crippen molar-refractivity contribution in [2.75, 3.05) is 0 Å². The van der Waals surface area contributed by atoms with E-state index >= 15 is 0 Å². The molecule has 1 aliphatic heterocycles. The van der Waals surface area contributed by atoms with Gasteiger partial charge in [-0.15, -0.1) is 0 Å². The molecule has 0 radical (unpaired) electrons. The van der Waals surface area contributed by atoms with Crippen LogP contribution in [0.2, 0.25) is 0 Å². The third-order valence-corrected chi connectivity index (χ3v) is 3.84. The number of carbonyl (C=O) groups excluding carboxylic acids is 1. The Labute approximate surface area is 118 Å². The van der Waals surface area contributed by atoms with Crippen molar-refractivity contribution in [1.29, 1.82) is 5.26 Å². The van der Waals surface area contributed by atoms with Gasteiger partial charge in [0, 0.05) is 11.7 Å². The molecule has 0 aromatic carbocycles. The van der Waals surface area contributed by atoms with Crippen LogP contribution in [0.3, 0.4) is 0 Å². The van der Waals surface area contributed by atoms with Crippen LogP contribution in [-0.2, 0) is 9.31 Å². The molecule has 0 saturated carbocycles. The van der Waals surface area contributed by atoms with Gasteiger partial charge >= 0.3 is 7.12 Å². The van der Waals surface area contributed by atoms with Crippen molar-refractivity contribution in [2.24, 2.45) is 5.73 Å². The quantitative estimate of drug-likeness (QED) is 0.784. The molecule has 1 aliphatic rings. The SMILES string of the molecule is CC1(C)OB(c2ccnc(C(N)=O)c2C#N)OC1(C)C. The molecule has 0 atom stereocenters. The van der Waals surface area contributed by atoms with Gasteiger partial charge in [-0.05, 0) is 33.8 Å². The zero-order valence-electron chi connectivity index (χ0n) is 11.9. The second kappa shape index (κ2) is 4.58. The highest BCUT2D eigenvalue weighted by Gasteiger charge is 2.52. The molecule has 0 spiro atoms. The maximum absolute atomic E-state index is 11.3. The Bertz CT molecular complexity index is 591. The van der Waals surface area contributed by atoms with Crippen LogP contribution in [0.5, 0.6) is 0 Å². The summed E-state index contributed by atoms with van der Waals surface area (Å²) in [7, 11) is -0.726. The Morgan fingerprint density at radius 3 is 2.35 bits per heavy atom. The fourth-order valence-electron chi connectivity index (χ4n) is 1.95. The van der Waals surface area contributed by atoms with Gasteiger partial charge in [0.25, 0.3) is 5.91 Å². The largest absolute Gasteiger partial charge is 0.496 e. The Morgan fingerprint density at radius 2 is 1.90 bits per heavy atom. The topological polar surface area (TPSA) is 98.2 Å². The fourth-order valence-corrected chi connectivity index (χ4v) is 1.95. The lowest BCUT2D eigenvalue weighted by atomic mass is 9.76. The van der Waals surface area contributed by atoms with E-state index in [4.69, 9.17) is 15.0 Å². The van der Waals surface area contributed by atoms with E-state index in [0.717, 1.165) is 0 Å². The molecular weight excluding hydrogens is 257 g/mol. The fraction of sp³-hybridized carbons (Fsp3) is 0.462. The van der Waals surface area contributed by atoms with E-state index in [2.05, 4.69) is 4.98 Å². The number of nitrogens with two attached hydrogens (primary N) is 1. The van der Waals surface area contributed by atoms with Crippen molar-refractivity contribution >= 4 is 18.5 Å². The third-order valence-electron chi connectivity index (χ3n) is 3.84. The minimum Gasteiger partial charge on any atom is -0.399 e. The van der Waals surface area contributed by atoms with Gasteiger partial charge in [-0.1, -0.05) is 0 Å². The number of hydrogen-bond acceptors (Lipinski definition) is 5. The van der Waals surface area contributed by atoms with Crippen LogP contribution in [-0.4, -0.2) is 29.2 Å². The molecule has 0 bridgehead atoms. The molecule has 2 rings (SSSR count). The molecule has 1 aromatic heterocycles. The minimum absolute atomic E-state index is 0.0697. The molecule has 104 valence electrons. The average Bonchev–Trinajstić information content (AvgIpc) is 2.57. The first kappa shape index (κ1) is 14.5. The molecule has 1 saturated heterocycles. The summed E-state index contributed by atoms with van der Waals surface area (Å²) in [5.74, 6) is -0.750. The summed E-state index contributed by atoms with van der Waals surface area (Å²) >= 11 is 0. The van der Waals surface area contributed by atoms with E-state index in [1.807, 2.05) is 33.8 Å². The molecule has 1 fully saturated rings. The van der Waals surface area contributed by atoms with Crippen molar-refractivity contribution in [1.82, 2.24) is 4.98 Å². The van der Waals surface area contributed by atoms with Gasteiger partial charge in [0.15, 0.2) is 0 Å². The molecule has 6 nitrogen and oxygen atoms in total. The number of primary amides is 1. The van der Waals surface area contributed by atoms with Gasteiger partial charge in [0.05, 0.1) is 16.8 Å². The van der Waals surface area contributed by atoms with Crippen molar-refractivity contribution in [2.45, 2.75) is 38.9 Å². The Hall–Kier alpha value is -1.91. The van der Waals surface area contributed by atoms with Crippen molar-refractivity contribution in [3.63, 3.8) is 0 Å². The molecule has 2 heterocycles. The van der Waals surface area contributed by atoms with Crippen LogP contribution < -0.4 is 11.2 Å². The Morgan fingerprint density at radius 1 is 1.35 bits per heavy atom. The van der Waals surface area contributed by atoms with Gasteiger partial charge in [-0.2, -0.15) is 5.26 Å². The highest BCUT2D eigenvalue weighted by atomic mass is 16.7. The molecule has 20 heavy (non-hydrogen) atoms. The normalized spacial score (nSPS) is 19.6. The number of rotatable bonds is 2. The van der Waals surface area contributed by atoms with Gasteiger partial charge in [0.1, 0.15) is 11.8 Å². The molecule has 7 heteroatoms. The van der Waals surface area contributed by atoms with E-state index in [0.29, 0.717) is 5.46 Å². The highest BCUT2D eigenvalue weighted by molar-refractivity contribution is 6.63. The summed E-state index contributed by atoms with van der Waals surface area (Å²) < 4.78 is 11.7. The summed E-state index contributed by atoms with van der Waals surface area (Å²) in [5.41, 5.74) is 4.67. The predicted molar refractivity (Wildman–Crippen MR) is 73.2 cm³/mol. The van der Waals surface area contributed by atoms with Crippen LogP contribution in [0.25, 0.3) is 0 Å². The van der Waals surface area contributed by atoms with Gasteiger partial charge in [0.2, 0.25) is 0 Å². The number of aromatic nitrogens is 1. The first-order valence-corrected chi connectivity index (χ1v) is 6.24. The summed E-state index contributed by atoms with van der Waals surface area (Å²) in [6.45, 7) is 7.65. The van der Waals surface area contributed by atoms with E-state index < -0.39 is 24.2 Å². The number of nitrogens with zero attached hydrogens (tertiary/aromatic N) is 2. The van der Waals surface area contributed by atoms with Crippen LogP contribution in [0.4, 0.5) is 0 Å². The number of carbonyl (C=O) groups is 1. The zero-order chi connectivity index (χ0) is 15.1. The predicted octanol–water partition coefficient (Wildman–Crippen LogP) is 0.351. The summed E-state index contributed by atoms with van der Waals surface area (Å²) in [5, 5.41) is 9.26. The van der Waals surface area contributed by atoms with Gasteiger partial charge in [-0.25, -0.2) is 4.98 Å². The number of nitriles is 1. The van der Waals surface area contributed by atoms with E-state index in [1.54, 1.807) is 6.07 Å². The zero-order valence-corrected chi connectivity index (χ0v) is 11.9. The van der Waals surface area contributed by atoms with Gasteiger partial charge in [-0.3, -0.25) is 4.79 Å². The molecule has 0 aliphatic carbocycles. The molecular formula is C13H16BN3O3. The lowest BCUT2D eigenvalue weighted by Crippen LogP contribution is -2.41. The van der Waals surface area contributed by atoms with Crippen LogP contribution >= 0.6 is 0 Å². The summed E-state index contributed by atoms with van der Waals surface area (Å²) in [6.07, 6.45) is 1.42. The number of pyridine rings is 1. The first-order chi connectivity index (χ1) is 9.19. The average molecular weight is 273 g/mol. The number of amides is 1. The van der Waals surface area contributed by atoms with E-state index in [9.17, 15) is 10.1 Å². The molecule has 1 amide bonds. The van der Waals surface area contributed by atoms with Crippen LogP contribution in [0.15, 0.2) is 12.3 Å². The van der Waals surface area contributed by atoms with Crippen LogP contribution in [0.1, 0.15) is 43.7 Å². The first-order valence-electron chi connectivity index (χ1n) is 6.24. The third kappa shape index (κ3) is 2.17. The second-order valence-corrected chi connectivity index (χ2v) is 5.69. The minimum atomic E-state index is -0.750. The van der Waals surface area contributed by atoms with Crippen LogP contribution in [0, 0.1) is 11.3 Å². The van der Waals surface area contributed by atoms with E-state index in [-0.39, 0.29) is 11.3 Å². The second-order valence-electron chi connectivity index (χ2n) is 5.69. The maximum atomic E-state index is 11.3. The smallest absolute Gasteiger partial charge is 0.399 e. The van der Waals surface area contributed by atoms with E-state index in [1.165, 1.54) is 6.20 Å². The Kier molecular flexibility index (Phi) is 3.32. The number of hydrogen-bond donors (Lipinski definition) is 1. The lowest BCUT2D eigenvalue weighted by Gasteiger charge is -2.32. The van der Waals surface area contributed by atoms with Crippen molar-refractivity contribution in [3.8, 4) is 6.07 Å². The maximum Gasteiger partial charge on any atom is 0.496 e. The monoisotopic (exact) mass is 273 g/mol. The molecule has 1 aromatic rings. The molecule has 2 N–H and O–H groups in total. The highest BCUT2D eigenvalue weighted by Crippen LogP contribution is 2.36.